The van der Waals surface area contributed by atoms with E-state index in [1.807, 2.05) is 6.92 Å². The second-order valence-corrected chi connectivity index (χ2v) is 6.04. The minimum absolute atomic E-state index is 0.153. The van der Waals surface area contributed by atoms with Crippen molar-refractivity contribution in [2.24, 2.45) is 0 Å². The number of hydrogen-bond acceptors (Lipinski definition) is 2. The zero-order valence-corrected chi connectivity index (χ0v) is 12.2. The zero-order valence-electron chi connectivity index (χ0n) is 10.6. The monoisotopic (exact) mass is 336 g/mol. The number of alkyl halides is 3. The molecule has 0 aliphatic carbocycles. The first-order valence-corrected chi connectivity index (χ1v) is 6.95. The van der Waals surface area contributed by atoms with Crippen molar-refractivity contribution in [3.63, 3.8) is 0 Å². The molecule has 0 spiro atoms. The van der Waals surface area contributed by atoms with E-state index in [1.165, 1.54) is 6.07 Å². The third-order valence-corrected chi connectivity index (χ3v) is 3.92. The smallest absolute Gasteiger partial charge is 0.379 e. The number of nitrogens with one attached hydrogen (secondary N) is 2. The van der Waals surface area contributed by atoms with E-state index >= 15 is 0 Å². The van der Waals surface area contributed by atoms with Crippen molar-refractivity contribution in [1.82, 2.24) is 5.32 Å². The van der Waals surface area contributed by atoms with Crippen molar-refractivity contribution < 1.29 is 13.2 Å². The molecule has 19 heavy (non-hydrogen) atoms. The summed E-state index contributed by atoms with van der Waals surface area (Å²) in [5, 5.41) is 6.29. The van der Waals surface area contributed by atoms with Crippen LogP contribution < -0.4 is 10.6 Å². The van der Waals surface area contributed by atoms with Gasteiger partial charge in [0.25, 0.3) is 0 Å². The Morgan fingerprint density at radius 2 is 1.89 bits per heavy atom. The maximum absolute atomic E-state index is 13.0. The van der Waals surface area contributed by atoms with Crippen LogP contribution in [-0.4, -0.2) is 18.6 Å². The van der Waals surface area contributed by atoms with Gasteiger partial charge in [-0.15, -0.1) is 0 Å². The van der Waals surface area contributed by atoms with E-state index in [-0.39, 0.29) is 11.2 Å². The van der Waals surface area contributed by atoms with Crippen molar-refractivity contribution in [3.8, 4) is 0 Å². The highest BCUT2D eigenvalue weighted by atomic mass is 79.9. The lowest BCUT2D eigenvalue weighted by Gasteiger charge is -2.36. The highest BCUT2D eigenvalue weighted by molar-refractivity contribution is 9.10. The molecule has 0 bridgehead atoms. The van der Waals surface area contributed by atoms with Crippen LogP contribution in [0.5, 0.6) is 0 Å². The third-order valence-electron chi connectivity index (χ3n) is 3.43. The molecule has 0 atom stereocenters. The topological polar surface area (TPSA) is 24.1 Å². The molecule has 1 saturated heterocycles. The van der Waals surface area contributed by atoms with Gasteiger partial charge in [0, 0.05) is 15.7 Å². The van der Waals surface area contributed by atoms with Crippen LogP contribution in [0.4, 0.5) is 18.9 Å². The predicted molar refractivity (Wildman–Crippen MR) is 73.3 cm³/mol. The maximum Gasteiger partial charge on any atom is 0.418 e. The van der Waals surface area contributed by atoms with Crippen LogP contribution in [0.1, 0.15) is 25.3 Å². The molecule has 1 aliphatic rings. The summed E-state index contributed by atoms with van der Waals surface area (Å²) in [7, 11) is 0. The van der Waals surface area contributed by atoms with Gasteiger partial charge in [-0.1, -0.05) is 15.9 Å². The van der Waals surface area contributed by atoms with Crippen LogP contribution in [0.3, 0.4) is 0 Å². The lowest BCUT2D eigenvalue weighted by atomic mass is 9.90. The summed E-state index contributed by atoms with van der Waals surface area (Å²) in [6.07, 6.45) is -2.74. The summed E-state index contributed by atoms with van der Waals surface area (Å²) in [6.45, 7) is 3.61. The number of piperidine rings is 1. The van der Waals surface area contributed by atoms with Crippen molar-refractivity contribution >= 4 is 21.6 Å². The minimum atomic E-state index is -4.35. The summed E-state index contributed by atoms with van der Waals surface area (Å²) >= 11 is 3.09. The fourth-order valence-electron chi connectivity index (χ4n) is 2.29. The molecular weight excluding hydrogens is 321 g/mol. The Balaban J connectivity index is 2.29. The fourth-order valence-corrected chi connectivity index (χ4v) is 2.65. The fraction of sp³-hybridized carbons (Fsp3) is 0.538. The minimum Gasteiger partial charge on any atom is -0.379 e. The van der Waals surface area contributed by atoms with Gasteiger partial charge < -0.3 is 10.6 Å². The molecule has 1 aliphatic heterocycles. The largest absolute Gasteiger partial charge is 0.418 e. The summed E-state index contributed by atoms with van der Waals surface area (Å²) in [4.78, 5) is 0. The van der Waals surface area contributed by atoms with Gasteiger partial charge in [0.1, 0.15) is 0 Å². The molecule has 2 nitrogen and oxygen atoms in total. The quantitative estimate of drug-likeness (QED) is 0.852. The van der Waals surface area contributed by atoms with Crippen LogP contribution in [0.15, 0.2) is 22.7 Å². The van der Waals surface area contributed by atoms with Crippen LogP contribution in [0.2, 0.25) is 0 Å². The Morgan fingerprint density at radius 3 is 2.47 bits per heavy atom. The van der Waals surface area contributed by atoms with E-state index in [0.29, 0.717) is 4.47 Å². The predicted octanol–water partition coefficient (Wildman–Crippen LogP) is 4.02. The molecule has 0 amide bonds. The molecule has 1 heterocycles. The molecule has 0 saturated carbocycles. The Bertz CT molecular complexity index is 454. The first-order valence-electron chi connectivity index (χ1n) is 6.16. The SMILES string of the molecule is CC1(Nc2ccc(Br)cc2C(F)(F)F)CCNCC1. The number of halogens is 4. The molecule has 1 fully saturated rings. The van der Waals surface area contributed by atoms with Gasteiger partial charge in [0.05, 0.1) is 5.56 Å². The van der Waals surface area contributed by atoms with E-state index in [9.17, 15) is 13.2 Å². The number of anilines is 1. The molecule has 1 aromatic rings. The summed E-state index contributed by atoms with van der Waals surface area (Å²) in [5.74, 6) is 0. The number of benzene rings is 1. The van der Waals surface area contributed by atoms with Crippen LogP contribution in [0.25, 0.3) is 0 Å². The molecule has 106 valence electrons. The third kappa shape index (κ3) is 3.63. The number of hydrogen-bond donors (Lipinski definition) is 2. The molecule has 0 aromatic heterocycles. The molecule has 2 rings (SSSR count). The second kappa shape index (κ2) is 5.32. The summed E-state index contributed by atoms with van der Waals surface area (Å²) in [5.41, 5.74) is -0.763. The van der Waals surface area contributed by atoms with E-state index in [4.69, 9.17) is 0 Å². The molecular formula is C13H16BrF3N2. The Morgan fingerprint density at radius 1 is 1.26 bits per heavy atom. The van der Waals surface area contributed by atoms with Crippen molar-refractivity contribution in [1.29, 1.82) is 0 Å². The van der Waals surface area contributed by atoms with Gasteiger partial charge in [-0.25, -0.2) is 0 Å². The van der Waals surface area contributed by atoms with Gasteiger partial charge in [0.2, 0.25) is 0 Å². The standard InChI is InChI=1S/C13H16BrF3N2/c1-12(4-6-18-7-5-12)19-11-3-2-9(14)8-10(11)13(15,16)17/h2-3,8,18-19H,4-7H2,1H3. The van der Waals surface area contributed by atoms with Crippen LogP contribution >= 0.6 is 15.9 Å². The molecule has 2 N–H and O–H groups in total. The average Bonchev–Trinajstić information content (AvgIpc) is 2.31. The van der Waals surface area contributed by atoms with Crippen LogP contribution in [-0.2, 0) is 6.18 Å². The Hall–Kier alpha value is -0.750. The first-order chi connectivity index (χ1) is 8.80. The lowest BCUT2D eigenvalue weighted by molar-refractivity contribution is -0.137. The normalized spacial score (nSPS) is 19.2. The summed E-state index contributed by atoms with van der Waals surface area (Å²) < 4.78 is 39.5. The average molecular weight is 337 g/mol. The highest BCUT2D eigenvalue weighted by Gasteiger charge is 2.36. The molecule has 0 unspecified atom stereocenters. The van der Waals surface area contributed by atoms with Gasteiger partial charge in [0.15, 0.2) is 0 Å². The van der Waals surface area contributed by atoms with E-state index in [1.54, 1.807) is 6.07 Å². The zero-order chi connectivity index (χ0) is 14.1. The lowest BCUT2D eigenvalue weighted by Crippen LogP contribution is -2.45. The Kier molecular flexibility index (Phi) is 4.11. The van der Waals surface area contributed by atoms with Gasteiger partial charge in [-0.3, -0.25) is 0 Å². The van der Waals surface area contributed by atoms with E-state index < -0.39 is 11.7 Å². The second-order valence-electron chi connectivity index (χ2n) is 5.12. The summed E-state index contributed by atoms with van der Waals surface area (Å²) in [6, 6.07) is 4.23. The highest BCUT2D eigenvalue weighted by Crippen LogP contribution is 2.38. The number of rotatable bonds is 2. The first kappa shape index (κ1) is 14.7. The van der Waals surface area contributed by atoms with Gasteiger partial charge >= 0.3 is 6.18 Å². The van der Waals surface area contributed by atoms with Crippen molar-refractivity contribution in [3.05, 3.63) is 28.2 Å². The van der Waals surface area contributed by atoms with Crippen molar-refractivity contribution in [2.45, 2.75) is 31.5 Å². The molecule has 1 aromatic carbocycles. The van der Waals surface area contributed by atoms with Gasteiger partial charge in [-0.2, -0.15) is 13.2 Å². The maximum atomic E-state index is 13.0. The van der Waals surface area contributed by atoms with E-state index in [0.717, 1.165) is 32.0 Å². The molecule has 0 radical (unpaired) electrons. The van der Waals surface area contributed by atoms with Crippen molar-refractivity contribution in [2.75, 3.05) is 18.4 Å². The molecule has 6 heteroatoms. The van der Waals surface area contributed by atoms with Gasteiger partial charge in [-0.05, 0) is 51.1 Å². The Labute approximate surface area is 118 Å². The van der Waals surface area contributed by atoms with E-state index in [2.05, 4.69) is 26.6 Å². The van der Waals surface area contributed by atoms with Crippen LogP contribution in [0, 0.1) is 0 Å².